The highest BCUT2D eigenvalue weighted by Crippen LogP contribution is 2.38. The summed E-state index contributed by atoms with van der Waals surface area (Å²) in [5.41, 5.74) is 3.73. The number of benzene rings is 1. The topological polar surface area (TPSA) is 21.3 Å². The summed E-state index contributed by atoms with van der Waals surface area (Å²) in [5, 5.41) is 4.33. The van der Waals surface area contributed by atoms with Gasteiger partial charge in [0.25, 0.3) is 0 Å². The molecule has 0 saturated carbocycles. The third-order valence-electron chi connectivity index (χ3n) is 3.73. The van der Waals surface area contributed by atoms with E-state index in [4.69, 9.17) is 16.3 Å². The van der Waals surface area contributed by atoms with Gasteiger partial charge in [-0.2, -0.15) is 0 Å². The number of aryl methyl sites for hydroxylation is 1. The average molecular weight is 238 g/mol. The Hall–Kier alpha value is -0.570. The predicted molar refractivity (Wildman–Crippen MR) is 65.0 cm³/mol. The van der Waals surface area contributed by atoms with Gasteiger partial charge in [-0.1, -0.05) is 23.7 Å². The van der Waals surface area contributed by atoms with Crippen LogP contribution in [0, 0.1) is 6.92 Å². The van der Waals surface area contributed by atoms with E-state index in [0.29, 0.717) is 18.6 Å². The van der Waals surface area contributed by atoms with Crippen molar-refractivity contribution in [1.29, 1.82) is 0 Å². The molecule has 1 aromatic carbocycles. The van der Waals surface area contributed by atoms with Gasteiger partial charge in [0.1, 0.15) is 0 Å². The van der Waals surface area contributed by atoms with Crippen molar-refractivity contribution in [3.63, 3.8) is 0 Å². The molecule has 16 heavy (non-hydrogen) atoms. The molecule has 0 amide bonds. The predicted octanol–water partition coefficient (Wildman–Crippen LogP) is 2.62. The zero-order valence-electron chi connectivity index (χ0n) is 9.42. The van der Waals surface area contributed by atoms with E-state index in [2.05, 4.69) is 17.4 Å². The zero-order valence-corrected chi connectivity index (χ0v) is 10.2. The molecule has 0 aromatic heterocycles. The van der Waals surface area contributed by atoms with Gasteiger partial charge in [-0.25, -0.2) is 0 Å². The van der Waals surface area contributed by atoms with Crippen molar-refractivity contribution in [1.82, 2.24) is 5.32 Å². The minimum Gasteiger partial charge on any atom is -0.373 e. The van der Waals surface area contributed by atoms with Crippen LogP contribution in [0.2, 0.25) is 5.02 Å². The quantitative estimate of drug-likeness (QED) is 0.749. The van der Waals surface area contributed by atoms with Gasteiger partial charge in [-0.15, -0.1) is 0 Å². The number of piperidine rings is 1. The van der Waals surface area contributed by atoms with Crippen LogP contribution in [0.25, 0.3) is 0 Å². The lowest BCUT2D eigenvalue weighted by Gasteiger charge is -2.38. The number of hydrogen-bond donors (Lipinski definition) is 1. The number of nitrogens with one attached hydrogen (secondary N) is 1. The number of ether oxygens (including phenoxy) is 1. The summed E-state index contributed by atoms with van der Waals surface area (Å²) in [6, 6.07) is 4.35. The van der Waals surface area contributed by atoms with E-state index in [1.54, 1.807) is 0 Å². The van der Waals surface area contributed by atoms with Crippen molar-refractivity contribution in [2.24, 2.45) is 0 Å². The Kier molecular flexibility index (Phi) is 2.66. The van der Waals surface area contributed by atoms with E-state index < -0.39 is 0 Å². The normalized spacial score (nSPS) is 28.4. The van der Waals surface area contributed by atoms with Crippen LogP contribution in [-0.2, 0) is 11.3 Å². The Balaban J connectivity index is 2.05. The average Bonchev–Trinajstić information content (AvgIpc) is 2.33. The molecule has 1 aromatic rings. The SMILES string of the molecule is Cc1ccc2c(c1Cl)CO[C@H]1CCNC[C@H]21. The standard InChI is InChI=1S/C13H16ClNO/c1-8-2-3-9-10-6-15-5-4-12(10)16-7-11(9)13(8)14/h2-3,10,12,15H,4-7H2,1H3/t10-,12+/m1/s1. The molecule has 0 unspecified atom stereocenters. The van der Waals surface area contributed by atoms with Crippen LogP contribution >= 0.6 is 11.6 Å². The second-order valence-electron chi connectivity index (χ2n) is 4.71. The van der Waals surface area contributed by atoms with Gasteiger partial charge in [0.2, 0.25) is 0 Å². The molecule has 86 valence electrons. The van der Waals surface area contributed by atoms with E-state index >= 15 is 0 Å². The molecule has 2 atom stereocenters. The molecule has 2 aliphatic heterocycles. The third kappa shape index (κ3) is 1.56. The summed E-state index contributed by atoms with van der Waals surface area (Å²) in [5.74, 6) is 0.482. The van der Waals surface area contributed by atoms with E-state index in [0.717, 1.165) is 30.1 Å². The van der Waals surface area contributed by atoms with Crippen molar-refractivity contribution < 1.29 is 4.74 Å². The molecular weight excluding hydrogens is 222 g/mol. The van der Waals surface area contributed by atoms with Crippen LogP contribution in [-0.4, -0.2) is 19.2 Å². The summed E-state index contributed by atoms with van der Waals surface area (Å²) in [6.45, 7) is 4.80. The van der Waals surface area contributed by atoms with Gasteiger partial charge < -0.3 is 10.1 Å². The smallest absolute Gasteiger partial charge is 0.0738 e. The first-order valence-electron chi connectivity index (χ1n) is 5.87. The monoisotopic (exact) mass is 237 g/mol. The van der Waals surface area contributed by atoms with Crippen LogP contribution in [0.15, 0.2) is 12.1 Å². The Bertz CT molecular complexity index is 419. The van der Waals surface area contributed by atoms with Crippen molar-refractivity contribution in [3.05, 3.63) is 33.8 Å². The molecule has 2 heterocycles. The molecule has 1 fully saturated rings. The lowest BCUT2D eigenvalue weighted by molar-refractivity contribution is -0.00677. The van der Waals surface area contributed by atoms with Crippen molar-refractivity contribution >= 4 is 11.6 Å². The first-order valence-corrected chi connectivity index (χ1v) is 6.25. The van der Waals surface area contributed by atoms with Gasteiger partial charge in [-0.3, -0.25) is 0 Å². The van der Waals surface area contributed by atoms with Crippen LogP contribution in [0.1, 0.15) is 29.0 Å². The molecule has 1 saturated heterocycles. The highest BCUT2D eigenvalue weighted by molar-refractivity contribution is 6.32. The Labute approximate surface area is 101 Å². The van der Waals surface area contributed by atoms with Crippen LogP contribution < -0.4 is 5.32 Å². The minimum absolute atomic E-state index is 0.382. The van der Waals surface area contributed by atoms with E-state index in [-0.39, 0.29) is 0 Å². The second-order valence-corrected chi connectivity index (χ2v) is 5.09. The van der Waals surface area contributed by atoms with Crippen molar-refractivity contribution in [2.75, 3.05) is 13.1 Å². The molecule has 1 N–H and O–H groups in total. The lowest BCUT2D eigenvalue weighted by Crippen LogP contribution is -2.42. The van der Waals surface area contributed by atoms with Gasteiger partial charge in [0.15, 0.2) is 0 Å². The number of hydrogen-bond acceptors (Lipinski definition) is 2. The largest absolute Gasteiger partial charge is 0.373 e. The molecular formula is C13H16ClNO. The maximum atomic E-state index is 6.34. The Morgan fingerprint density at radius 2 is 2.31 bits per heavy atom. The zero-order chi connectivity index (χ0) is 11.1. The first-order chi connectivity index (χ1) is 7.77. The molecule has 2 nitrogen and oxygen atoms in total. The van der Waals surface area contributed by atoms with Gasteiger partial charge in [0.05, 0.1) is 12.7 Å². The van der Waals surface area contributed by atoms with Crippen molar-refractivity contribution in [3.8, 4) is 0 Å². The van der Waals surface area contributed by atoms with E-state index in [9.17, 15) is 0 Å². The molecule has 2 aliphatic rings. The number of halogens is 1. The molecule has 0 aliphatic carbocycles. The summed E-state index contributed by atoms with van der Waals surface area (Å²) in [7, 11) is 0. The molecule has 3 rings (SSSR count). The lowest BCUT2D eigenvalue weighted by atomic mass is 9.83. The molecule has 0 radical (unpaired) electrons. The van der Waals surface area contributed by atoms with Crippen LogP contribution in [0.3, 0.4) is 0 Å². The number of rotatable bonds is 0. The van der Waals surface area contributed by atoms with Gasteiger partial charge >= 0.3 is 0 Å². The second kappa shape index (κ2) is 4.02. The number of fused-ring (bicyclic) bond motifs is 3. The molecule has 3 heteroatoms. The third-order valence-corrected chi connectivity index (χ3v) is 4.26. The highest BCUT2D eigenvalue weighted by atomic mass is 35.5. The highest BCUT2D eigenvalue weighted by Gasteiger charge is 2.33. The van der Waals surface area contributed by atoms with Gasteiger partial charge in [-0.05, 0) is 31.0 Å². The van der Waals surface area contributed by atoms with Crippen molar-refractivity contribution in [2.45, 2.75) is 32.0 Å². The maximum Gasteiger partial charge on any atom is 0.0738 e. The van der Waals surface area contributed by atoms with Crippen LogP contribution in [0.4, 0.5) is 0 Å². The fourth-order valence-electron chi connectivity index (χ4n) is 2.78. The summed E-state index contributed by atoms with van der Waals surface area (Å²) < 4.78 is 5.92. The maximum absolute atomic E-state index is 6.34. The first kappa shape index (κ1) is 10.6. The summed E-state index contributed by atoms with van der Waals surface area (Å²) in [4.78, 5) is 0. The van der Waals surface area contributed by atoms with E-state index in [1.807, 2.05) is 6.92 Å². The van der Waals surface area contributed by atoms with Crippen LogP contribution in [0.5, 0.6) is 0 Å². The molecule has 0 spiro atoms. The molecule has 0 bridgehead atoms. The Morgan fingerprint density at radius 3 is 3.19 bits per heavy atom. The summed E-state index contributed by atoms with van der Waals surface area (Å²) >= 11 is 6.34. The Morgan fingerprint density at radius 1 is 1.44 bits per heavy atom. The van der Waals surface area contributed by atoms with Gasteiger partial charge in [0, 0.05) is 23.0 Å². The van der Waals surface area contributed by atoms with E-state index in [1.165, 1.54) is 11.1 Å². The fraction of sp³-hybridized carbons (Fsp3) is 0.538. The minimum atomic E-state index is 0.382. The fourth-order valence-corrected chi connectivity index (χ4v) is 3.01. The summed E-state index contributed by atoms with van der Waals surface area (Å²) in [6.07, 6.45) is 1.49.